The van der Waals surface area contributed by atoms with Gasteiger partial charge in [0.1, 0.15) is 0 Å². The molecule has 0 rings (SSSR count). The number of carbonyl (C=O) groups excluding carboxylic acids is 1. The molecule has 0 saturated heterocycles. The predicted molar refractivity (Wildman–Crippen MR) is 63.6 cm³/mol. The molecule has 88 valence electrons. The second-order valence-corrected chi connectivity index (χ2v) is 4.46. The fourth-order valence-corrected chi connectivity index (χ4v) is 1.46. The third kappa shape index (κ3) is 6.32. The van der Waals surface area contributed by atoms with Gasteiger partial charge >= 0.3 is 5.97 Å². The van der Waals surface area contributed by atoms with Crippen LogP contribution < -0.4 is 0 Å². The highest BCUT2D eigenvalue weighted by molar-refractivity contribution is 5.87. The van der Waals surface area contributed by atoms with E-state index in [-0.39, 0.29) is 5.97 Å². The standard InChI is InChI=1S/C13H24O2/c1-6-11(5)13(14)15-9-12(7-2)8-10(3)4/h10,12H,5-9H2,1-4H3. The van der Waals surface area contributed by atoms with Crippen molar-refractivity contribution in [1.29, 1.82) is 0 Å². The molecule has 0 aromatic heterocycles. The van der Waals surface area contributed by atoms with Gasteiger partial charge in [-0.15, -0.1) is 0 Å². The van der Waals surface area contributed by atoms with Crippen molar-refractivity contribution in [2.24, 2.45) is 11.8 Å². The Morgan fingerprint density at radius 2 is 1.93 bits per heavy atom. The molecule has 0 spiro atoms. The average molecular weight is 212 g/mol. The zero-order valence-electron chi connectivity index (χ0n) is 10.5. The van der Waals surface area contributed by atoms with Crippen molar-refractivity contribution in [3.63, 3.8) is 0 Å². The quantitative estimate of drug-likeness (QED) is 0.476. The molecule has 0 aliphatic heterocycles. The lowest BCUT2D eigenvalue weighted by atomic mass is 9.96. The lowest BCUT2D eigenvalue weighted by molar-refractivity contribution is -0.140. The first kappa shape index (κ1) is 14.2. The van der Waals surface area contributed by atoms with Gasteiger partial charge in [-0.25, -0.2) is 4.79 Å². The topological polar surface area (TPSA) is 26.3 Å². The summed E-state index contributed by atoms with van der Waals surface area (Å²) in [5.74, 6) is 0.904. The van der Waals surface area contributed by atoms with Crippen LogP contribution in [0.1, 0.15) is 47.0 Å². The van der Waals surface area contributed by atoms with Crippen LogP contribution >= 0.6 is 0 Å². The lowest BCUT2D eigenvalue weighted by Crippen LogP contribution is -2.16. The summed E-state index contributed by atoms with van der Waals surface area (Å²) in [5, 5.41) is 0. The van der Waals surface area contributed by atoms with Gasteiger partial charge in [0.2, 0.25) is 0 Å². The van der Waals surface area contributed by atoms with Crippen LogP contribution in [-0.4, -0.2) is 12.6 Å². The Labute approximate surface area is 93.7 Å². The van der Waals surface area contributed by atoms with Gasteiger partial charge in [-0.05, 0) is 24.7 Å². The molecular weight excluding hydrogens is 188 g/mol. The largest absolute Gasteiger partial charge is 0.462 e. The monoisotopic (exact) mass is 212 g/mol. The van der Waals surface area contributed by atoms with Crippen molar-refractivity contribution >= 4 is 5.97 Å². The minimum atomic E-state index is -0.236. The second-order valence-electron chi connectivity index (χ2n) is 4.46. The van der Waals surface area contributed by atoms with Crippen LogP contribution in [0.3, 0.4) is 0 Å². The molecule has 0 aromatic rings. The van der Waals surface area contributed by atoms with Gasteiger partial charge in [-0.3, -0.25) is 0 Å². The van der Waals surface area contributed by atoms with Gasteiger partial charge in [0.25, 0.3) is 0 Å². The van der Waals surface area contributed by atoms with Crippen molar-refractivity contribution in [3.8, 4) is 0 Å². The van der Waals surface area contributed by atoms with Crippen molar-refractivity contribution < 1.29 is 9.53 Å². The van der Waals surface area contributed by atoms with Crippen molar-refractivity contribution in [3.05, 3.63) is 12.2 Å². The first-order valence-electron chi connectivity index (χ1n) is 5.86. The van der Waals surface area contributed by atoms with E-state index >= 15 is 0 Å². The van der Waals surface area contributed by atoms with Gasteiger partial charge in [-0.2, -0.15) is 0 Å². The molecule has 15 heavy (non-hydrogen) atoms. The number of carbonyl (C=O) groups is 1. The Kier molecular flexibility index (Phi) is 7.10. The van der Waals surface area contributed by atoms with Gasteiger partial charge in [0.15, 0.2) is 0 Å². The predicted octanol–water partition coefficient (Wildman–Crippen LogP) is 3.57. The maximum Gasteiger partial charge on any atom is 0.333 e. The van der Waals surface area contributed by atoms with Crippen LogP contribution in [0.15, 0.2) is 12.2 Å². The molecule has 1 atom stereocenters. The fourth-order valence-electron chi connectivity index (χ4n) is 1.46. The Balaban J connectivity index is 3.90. The molecule has 0 aromatic carbocycles. The molecule has 0 heterocycles. The summed E-state index contributed by atoms with van der Waals surface area (Å²) in [6.07, 6.45) is 2.84. The summed E-state index contributed by atoms with van der Waals surface area (Å²) in [7, 11) is 0. The molecule has 0 N–H and O–H groups in total. The molecule has 1 unspecified atom stereocenters. The number of rotatable bonds is 7. The maximum atomic E-state index is 11.4. The highest BCUT2D eigenvalue weighted by atomic mass is 16.5. The van der Waals surface area contributed by atoms with Crippen molar-refractivity contribution in [2.75, 3.05) is 6.61 Å². The van der Waals surface area contributed by atoms with Gasteiger partial charge in [-0.1, -0.05) is 40.7 Å². The van der Waals surface area contributed by atoms with E-state index in [9.17, 15) is 4.79 Å². The minimum absolute atomic E-state index is 0.236. The Hall–Kier alpha value is -0.790. The molecule has 0 radical (unpaired) electrons. The second kappa shape index (κ2) is 7.49. The summed E-state index contributed by atoms with van der Waals surface area (Å²) in [6.45, 7) is 12.6. The van der Waals surface area contributed by atoms with Crippen LogP contribution in [0.4, 0.5) is 0 Å². The number of esters is 1. The van der Waals surface area contributed by atoms with Crippen LogP contribution in [0, 0.1) is 11.8 Å². The van der Waals surface area contributed by atoms with E-state index in [1.807, 2.05) is 6.92 Å². The van der Waals surface area contributed by atoms with E-state index in [0.717, 1.165) is 12.8 Å². The third-order valence-electron chi connectivity index (χ3n) is 2.55. The van der Waals surface area contributed by atoms with Crippen molar-refractivity contribution in [1.82, 2.24) is 0 Å². The molecule has 0 aliphatic carbocycles. The average Bonchev–Trinajstić information content (AvgIpc) is 2.21. The highest BCUT2D eigenvalue weighted by Gasteiger charge is 2.12. The maximum absolute atomic E-state index is 11.4. The third-order valence-corrected chi connectivity index (χ3v) is 2.55. The van der Waals surface area contributed by atoms with E-state index in [1.165, 1.54) is 0 Å². The van der Waals surface area contributed by atoms with Gasteiger partial charge in [0, 0.05) is 5.57 Å². The summed E-state index contributed by atoms with van der Waals surface area (Å²) >= 11 is 0. The summed E-state index contributed by atoms with van der Waals surface area (Å²) in [5.41, 5.74) is 0.564. The first-order valence-corrected chi connectivity index (χ1v) is 5.86. The molecule has 2 nitrogen and oxygen atoms in total. The smallest absolute Gasteiger partial charge is 0.333 e. The van der Waals surface area contributed by atoms with Crippen LogP contribution in [0.25, 0.3) is 0 Å². The molecule has 0 bridgehead atoms. The van der Waals surface area contributed by atoms with Gasteiger partial charge in [0.05, 0.1) is 6.61 Å². The van der Waals surface area contributed by atoms with Gasteiger partial charge < -0.3 is 4.74 Å². The Morgan fingerprint density at radius 3 is 2.33 bits per heavy atom. The van der Waals surface area contributed by atoms with E-state index in [0.29, 0.717) is 30.4 Å². The summed E-state index contributed by atoms with van der Waals surface area (Å²) < 4.78 is 5.21. The lowest BCUT2D eigenvalue weighted by Gasteiger charge is -2.17. The molecule has 0 aliphatic rings. The SMILES string of the molecule is C=C(CC)C(=O)OCC(CC)CC(C)C. The zero-order chi connectivity index (χ0) is 11.8. The molecule has 2 heteroatoms. The van der Waals surface area contributed by atoms with Crippen molar-refractivity contribution in [2.45, 2.75) is 47.0 Å². The van der Waals surface area contributed by atoms with Crippen LogP contribution in [-0.2, 0) is 9.53 Å². The number of hydrogen-bond donors (Lipinski definition) is 0. The molecule has 0 fully saturated rings. The fraction of sp³-hybridized carbons (Fsp3) is 0.769. The number of ether oxygens (including phenoxy) is 1. The van der Waals surface area contributed by atoms with E-state index in [4.69, 9.17) is 4.74 Å². The van der Waals surface area contributed by atoms with E-state index < -0.39 is 0 Å². The van der Waals surface area contributed by atoms with E-state index in [1.54, 1.807) is 0 Å². The first-order chi connectivity index (χ1) is 7.01. The van der Waals surface area contributed by atoms with Crippen LogP contribution in [0.2, 0.25) is 0 Å². The highest BCUT2D eigenvalue weighted by Crippen LogP contribution is 2.16. The van der Waals surface area contributed by atoms with Crippen LogP contribution in [0.5, 0.6) is 0 Å². The normalized spacial score (nSPS) is 12.6. The molecule has 0 saturated carbocycles. The summed E-state index contributed by atoms with van der Waals surface area (Å²) in [4.78, 5) is 11.4. The summed E-state index contributed by atoms with van der Waals surface area (Å²) in [6, 6.07) is 0. The molecule has 0 amide bonds. The zero-order valence-corrected chi connectivity index (χ0v) is 10.5. The Morgan fingerprint density at radius 1 is 1.33 bits per heavy atom. The minimum Gasteiger partial charge on any atom is -0.462 e. The molecular formula is C13H24O2. The number of hydrogen-bond acceptors (Lipinski definition) is 2. The van der Waals surface area contributed by atoms with E-state index in [2.05, 4.69) is 27.4 Å². The Bertz CT molecular complexity index is 207.